The van der Waals surface area contributed by atoms with E-state index in [4.69, 9.17) is 16.3 Å². The van der Waals surface area contributed by atoms with E-state index in [0.29, 0.717) is 6.42 Å². The second-order valence-electron chi connectivity index (χ2n) is 4.89. The minimum atomic E-state index is -0.368. The largest absolute Gasteiger partial charge is 0.497 e. The number of hydrogen-bond donors (Lipinski definition) is 1. The first-order valence-electron chi connectivity index (χ1n) is 6.83. The quantitative estimate of drug-likeness (QED) is 0.763. The summed E-state index contributed by atoms with van der Waals surface area (Å²) < 4.78 is 5.19. The zero-order valence-electron chi connectivity index (χ0n) is 12.1. The first kappa shape index (κ1) is 16.2. The van der Waals surface area contributed by atoms with Crippen molar-refractivity contribution in [2.24, 2.45) is 0 Å². The third kappa shape index (κ3) is 4.67. The number of benzene rings is 2. The zero-order chi connectivity index (χ0) is 15.2. The van der Waals surface area contributed by atoms with Crippen molar-refractivity contribution in [1.29, 1.82) is 0 Å². The van der Waals surface area contributed by atoms with Crippen LogP contribution in [0.5, 0.6) is 5.75 Å². The lowest BCUT2D eigenvalue weighted by atomic mass is 10.1. The van der Waals surface area contributed by atoms with Crippen LogP contribution in [0.25, 0.3) is 0 Å². The molecule has 0 saturated carbocycles. The molecule has 0 fully saturated rings. The molecule has 2 atom stereocenters. The second-order valence-corrected chi connectivity index (χ2v) is 6.55. The summed E-state index contributed by atoms with van der Waals surface area (Å²) in [6.45, 7) is 1.81. The minimum Gasteiger partial charge on any atom is -0.497 e. The van der Waals surface area contributed by atoms with E-state index in [9.17, 15) is 5.11 Å². The maximum absolute atomic E-state index is 9.76. The predicted molar refractivity (Wildman–Crippen MR) is 89.3 cm³/mol. The highest BCUT2D eigenvalue weighted by Gasteiger charge is 2.17. The van der Waals surface area contributed by atoms with E-state index in [-0.39, 0.29) is 11.4 Å². The number of methoxy groups -OCH3 is 1. The predicted octanol–water partition coefficient (Wildman–Crippen LogP) is 4.95. The number of hydrogen-bond acceptors (Lipinski definition) is 3. The van der Waals surface area contributed by atoms with Crippen LogP contribution in [0.3, 0.4) is 0 Å². The molecule has 0 spiro atoms. The molecule has 0 aliphatic rings. The van der Waals surface area contributed by atoms with Crippen molar-refractivity contribution < 1.29 is 9.84 Å². The van der Waals surface area contributed by atoms with E-state index in [1.165, 1.54) is 0 Å². The molecule has 0 aliphatic heterocycles. The lowest BCUT2D eigenvalue weighted by Crippen LogP contribution is -2.06. The van der Waals surface area contributed by atoms with E-state index in [2.05, 4.69) is 0 Å². The van der Waals surface area contributed by atoms with Crippen LogP contribution in [-0.2, 0) is 0 Å². The molecule has 2 aromatic carbocycles. The van der Waals surface area contributed by atoms with Gasteiger partial charge in [-0.2, -0.15) is 0 Å². The van der Waals surface area contributed by atoms with Gasteiger partial charge in [-0.3, -0.25) is 0 Å². The Hall–Kier alpha value is -1.16. The van der Waals surface area contributed by atoms with Crippen molar-refractivity contribution in [1.82, 2.24) is 0 Å². The van der Waals surface area contributed by atoms with E-state index in [1.54, 1.807) is 18.9 Å². The van der Waals surface area contributed by atoms with Crippen LogP contribution in [0.1, 0.15) is 24.2 Å². The molecule has 2 nitrogen and oxygen atoms in total. The summed E-state index contributed by atoms with van der Waals surface area (Å²) in [6.07, 6.45) is 0.300. The lowest BCUT2D eigenvalue weighted by Gasteiger charge is -2.19. The Morgan fingerprint density at radius 1 is 1.14 bits per heavy atom. The lowest BCUT2D eigenvalue weighted by molar-refractivity contribution is 0.184. The molecular weight excluding hydrogens is 304 g/mol. The van der Waals surface area contributed by atoms with Gasteiger partial charge in [-0.1, -0.05) is 35.9 Å². The molecular formula is C17H19ClO2S. The number of ether oxygens (including phenoxy) is 1. The Kier molecular flexibility index (Phi) is 5.97. The Labute approximate surface area is 135 Å². The Bertz CT molecular complexity index is 569. The molecule has 2 unspecified atom stereocenters. The van der Waals surface area contributed by atoms with Crippen molar-refractivity contribution in [3.8, 4) is 5.75 Å². The average Bonchev–Trinajstić information content (AvgIpc) is 2.48. The van der Waals surface area contributed by atoms with Crippen LogP contribution < -0.4 is 4.74 Å². The van der Waals surface area contributed by atoms with Gasteiger partial charge >= 0.3 is 0 Å². The Morgan fingerprint density at radius 2 is 1.81 bits per heavy atom. The highest BCUT2D eigenvalue weighted by molar-refractivity contribution is 7.99. The van der Waals surface area contributed by atoms with Crippen LogP contribution in [0.15, 0.2) is 53.4 Å². The molecule has 0 bridgehead atoms. The monoisotopic (exact) mass is 322 g/mol. The fraction of sp³-hybridized carbons (Fsp3) is 0.294. The molecule has 2 aromatic rings. The number of halogens is 1. The van der Waals surface area contributed by atoms with E-state index >= 15 is 0 Å². The van der Waals surface area contributed by atoms with Crippen LogP contribution in [-0.4, -0.2) is 18.3 Å². The fourth-order valence-corrected chi connectivity index (χ4v) is 3.66. The van der Waals surface area contributed by atoms with Crippen molar-refractivity contribution >= 4 is 23.4 Å². The Morgan fingerprint density at radius 3 is 2.38 bits per heavy atom. The third-order valence-corrected chi connectivity index (χ3v) is 4.95. The van der Waals surface area contributed by atoms with Gasteiger partial charge < -0.3 is 9.84 Å². The van der Waals surface area contributed by atoms with Gasteiger partial charge in [0.25, 0.3) is 0 Å². The molecule has 0 aliphatic carbocycles. The van der Waals surface area contributed by atoms with E-state index in [1.807, 2.05) is 55.5 Å². The summed E-state index contributed by atoms with van der Waals surface area (Å²) in [5.74, 6) is 0.831. The Balaban J connectivity index is 2.23. The maximum Gasteiger partial charge on any atom is 0.118 e. The number of aliphatic hydroxyl groups is 1. The first-order valence-corrected chi connectivity index (χ1v) is 8.09. The third-order valence-electron chi connectivity index (χ3n) is 3.15. The van der Waals surface area contributed by atoms with Gasteiger partial charge in [-0.15, -0.1) is 11.8 Å². The van der Waals surface area contributed by atoms with Gasteiger partial charge in [-0.25, -0.2) is 0 Å². The normalized spacial score (nSPS) is 13.7. The van der Waals surface area contributed by atoms with Gasteiger partial charge in [0.15, 0.2) is 0 Å². The van der Waals surface area contributed by atoms with E-state index < -0.39 is 0 Å². The smallest absolute Gasteiger partial charge is 0.118 e. The molecule has 0 saturated heterocycles. The molecule has 1 N–H and O–H groups in total. The summed E-state index contributed by atoms with van der Waals surface area (Å²) in [7, 11) is 1.65. The summed E-state index contributed by atoms with van der Waals surface area (Å²) in [6, 6.07) is 15.7. The van der Waals surface area contributed by atoms with Gasteiger partial charge in [0.1, 0.15) is 5.75 Å². The highest BCUT2D eigenvalue weighted by atomic mass is 35.5. The van der Waals surface area contributed by atoms with Gasteiger partial charge in [0.2, 0.25) is 0 Å². The summed E-state index contributed by atoms with van der Waals surface area (Å²) >= 11 is 7.91. The molecule has 0 heterocycles. The van der Waals surface area contributed by atoms with Crippen molar-refractivity contribution in [3.05, 3.63) is 59.1 Å². The maximum atomic E-state index is 9.76. The van der Waals surface area contributed by atoms with Gasteiger partial charge in [-0.05, 0) is 43.2 Å². The molecule has 4 heteroatoms. The minimum absolute atomic E-state index is 0.149. The summed E-state index contributed by atoms with van der Waals surface area (Å²) in [5.41, 5.74) is 1.15. The fourth-order valence-electron chi connectivity index (χ4n) is 2.07. The standard InChI is InChI=1S/C17H19ClO2S/c1-12(19)11-17(13-7-9-14(20-2)10-8-13)21-16-6-4-3-5-15(16)18/h3-10,12,17,19H,11H2,1-2H3. The molecule has 2 rings (SSSR count). The summed E-state index contributed by atoms with van der Waals surface area (Å²) in [5, 5.41) is 10.7. The molecule has 0 radical (unpaired) electrons. The summed E-state index contributed by atoms with van der Waals surface area (Å²) in [4.78, 5) is 1.03. The van der Waals surface area contributed by atoms with Crippen LogP contribution in [0.2, 0.25) is 5.02 Å². The number of rotatable bonds is 6. The average molecular weight is 323 g/mol. The van der Waals surface area contributed by atoms with E-state index in [0.717, 1.165) is 21.2 Å². The number of thioether (sulfide) groups is 1. The van der Waals surface area contributed by atoms with Crippen LogP contribution in [0.4, 0.5) is 0 Å². The zero-order valence-corrected chi connectivity index (χ0v) is 13.7. The van der Waals surface area contributed by atoms with Crippen molar-refractivity contribution in [2.45, 2.75) is 29.6 Å². The van der Waals surface area contributed by atoms with Gasteiger partial charge in [0, 0.05) is 10.1 Å². The second kappa shape index (κ2) is 7.74. The highest BCUT2D eigenvalue weighted by Crippen LogP contribution is 2.41. The molecule has 0 aromatic heterocycles. The molecule has 21 heavy (non-hydrogen) atoms. The van der Waals surface area contributed by atoms with Gasteiger partial charge in [0.05, 0.1) is 18.2 Å². The van der Waals surface area contributed by atoms with Crippen LogP contribution >= 0.6 is 23.4 Å². The molecule has 112 valence electrons. The first-order chi connectivity index (χ1) is 10.1. The van der Waals surface area contributed by atoms with Crippen LogP contribution in [0, 0.1) is 0 Å². The van der Waals surface area contributed by atoms with Crippen molar-refractivity contribution in [3.63, 3.8) is 0 Å². The van der Waals surface area contributed by atoms with Crippen molar-refractivity contribution in [2.75, 3.05) is 7.11 Å². The number of aliphatic hydroxyl groups excluding tert-OH is 1. The SMILES string of the molecule is COc1ccc(C(CC(C)O)Sc2ccccc2Cl)cc1. The molecule has 0 amide bonds. The topological polar surface area (TPSA) is 29.5 Å².